The van der Waals surface area contributed by atoms with E-state index in [1.165, 1.54) is 0 Å². The van der Waals surface area contributed by atoms with Gasteiger partial charge in [0, 0.05) is 5.56 Å². The van der Waals surface area contributed by atoms with Crippen molar-refractivity contribution in [2.45, 2.75) is 39.0 Å². The van der Waals surface area contributed by atoms with E-state index < -0.39 is 10.0 Å². The van der Waals surface area contributed by atoms with Gasteiger partial charge in [0.25, 0.3) is 10.0 Å². The third-order valence-corrected chi connectivity index (χ3v) is 5.95. The molecule has 0 spiro atoms. The summed E-state index contributed by atoms with van der Waals surface area (Å²) in [6, 6.07) is 12.8. The van der Waals surface area contributed by atoms with Crippen LogP contribution in [0.1, 0.15) is 29.5 Å². The van der Waals surface area contributed by atoms with Gasteiger partial charge in [-0.3, -0.25) is 4.72 Å². The molecule has 0 fully saturated rings. The highest BCUT2D eigenvalue weighted by Crippen LogP contribution is 2.31. The molecule has 5 nitrogen and oxygen atoms in total. The highest BCUT2D eigenvalue weighted by Gasteiger charge is 2.21. The van der Waals surface area contributed by atoms with Crippen LogP contribution in [0.4, 0.5) is 5.69 Å². The molecule has 6 heteroatoms. The van der Waals surface area contributed by atoms with E-state index in [0.717, 1.165) is 28.8 Å². The van der Waals surface area contributed by atoms with Gasteiger partial charge in [-0.2, -0.15) is 0 Å². The number of rotatable bonds is 5. The van der Waals surface area contributed by atoms with Crippen LogP contribution in [0.5, 0.6) is 0 Å². The summed E-state index contributed by atoms with van der Waals surface area (Å²) in [5, 5.41) is 3.96. The van der Waals surface area contributed by atoms with Crippen molar-refractivity contribution < 1.29 is 12.9 Å². The zero-order valence-electron chi connectivity index (χ0n) is 15.3. The van der Waals surface area contributed by atoms with Crippen molar-refractivity contribution in [1.29, 1.82) is 0 Å². The number of para-hydroxylation sites is 1. The largest absolute Gasteiger partial charge is 0.361 e. The van der Waals surface area contributed by atoms with Crippen molar-refractivity contribution in [2.24, 2.45) is 0 Å². The lowest BCUT2D eigenvalue weighted by molar-refractivity contribution is 0.393. The fourth-order valence-corrected chi connectivity index (χ4v) is 4.44. The van der Waals surface area contributed by atoms with Crippen LogP contribution in [0.2, 0.25) is 0 Å². The standard InChI is InChI=1S/C20H22N2O3S/c1-5-16-8-6-7-9-18(16)22-26(23,24)19-12-17(11-10-13(19)2)20-14(3)21-25-15(20)4/h6-12,22H,5H2,1-4H3. The lowest BCUT2D eigenvalue weighted by Crippen LogP contribution is -2.15. The fourth-order valence-electron chi connectivity index (χ4n) is 3.07. The van der Waals surface area contributed by atoms with E-state index in [2.05, 4.69) is 9.88 Å². The summed E-state index contributed by atoms with van der Waals surface area (Å²) in [6.45, 7) is 7.45. The van der Waals surface area contributed by atoms with Crippen LogP contribution in [0, 0.1) is 20.8 Å². The SMILES string of the molecule is CCc1ccccc1NS(=O)(=O)c1cc(-c2c(C)noc2C)ccc1C. The van der Waals surface area contributed by atoms with Crippen molar-refractivity contribution in [3.05, 3.63) is 65.0 Å². The zero-order chi connectivity index (χ0) is 18.9. The molecule has 0 saturated carbocycles. The van der Waals surface area contributed by atoms with E-state index in [0.29, 0.717) is 17.0 Å². The zero-order valence-corrected chi connectivity index (χ0v) is 16.1. The van der Waals surface area contributed by atoms with Crippen LogP contribution >= 0.6 is 0 Å². The second-order valence-electron chi connectivity index (χ2n) is 6.30. The van der Waals surface area contributed by atoms with Crippen LogP contribution in [0.15, 0.2) is 51.9 Å². The molecule has 0 atom stereocenters. The molecule has 1 N–H and O–H groups in total. The summed E-state index contributed by atoms with van der Waals surface area (Å²) in [7, 11) is -3.72. The molecule has 0 unspecified atom stereocenters. The maximum absolute atomic E-state index is 13.0. The minimum absolute atomic E-state index is 0.251. The minimum Gasteiger partial charge on any atom is -0.361 e. The van der Waals surface area contributed by atoms with Crippen molar-refractivity contribution >= 4 is 15.7 Å². The fraction of sp³-hybridized carbons (Fsp3) is 0.250. The van der Waals surface area contributed by atoms with Crippen LogP contribution in [0.3, 0.4) is 0 Å². The van der Waals surface area contributed by atoms with Crippen LogP contribution in [-0.4, -0.2) is 13.6 Å². The molecule has 26 heavy (non-hydrogen) atoms. The van der Waals surface area contributed by atoms with Crippen LogP contribution in [-0.2, 0) is 16.4 Å². The summed E-state index contributed by atoms with van der Waals surface area (Å²) >= 11 is 0. The second-order valence-corrected chi connectivity index (χ2v) is 7.95. The number of hydrogen-bond acceptors (Lipinski definition) is 4. The maximum Gasteiger partial charge on any atom is 0.262 e. The van der Waals surface area contributed by atoms with Gasteiger partial charge < -0.3 is 4.52 Å². The second kappa shape index (κ2) is 6.96. The quantitative estimate of drug-likeness (QED) is 0.711. The highest BCUT2D eigenvalue weighted by molar-refractivity contribution is 7.92. The van der Waals surface area contributed by atoms with Crippen molar-refractivity contribution in [1.82, 2.24) is 5.16 Å². The van der Waals surface area contributed by atoms with Crippen molar-refractivity contribution in [3.63, 3.8) is 0 Å². The number of benzene rings is 2. The third kappa shape index (κ3) is 3.37. The molecule has 3 aromatic rings. The van der Waals surface area contributed by atoms with E-state index >= 15 is 0 Å². The number of sulfonamides is 1. The number of nitrogens with one attached hydrogen (secondary N) is 1. The molecule has 0 aliphatic carbocycles. The Bertz CT molecular complexity index is 1030. The van der Waals surface area contributed by atoms with E-state index in [1.54, 1.807) is 19.1 Å². The van der Waals surface area contributed by atoms with Gasteiger partial charge in [-0.25, -0.2) is 8.42 Å². The Kier molecular flexibility index (Phi) is 4.87. The normalized spacial score (nSPS) is 11.5. The molecule has 3 rings (SSSR count). The monoisotopic (exact) mass is 370 g/mol. The number of aryl methyl sites for hydroxylation is 4. The molecular formula is C20H22N2O3S. The average molecular weight is 370 g/mol. The van der Waals surface area contributed by atoms with E-state index in [9.17, 15) is 8.42 Å². The van der Waals surface area contributed by atoms with Gasteiger partial charge in [0.2, 0.25) is 0 Å². The molecule has 1 aromatic heterocycles. The highest BCUT2D eigenvalue weighted by atomic mass is 32.2. The predicted octanol–water partition coefficient (Wildman–Crippen LogP) is 4.63. The number of nitrogens with zero attached hydrogens (tertiary/aromatic N) is 1. The molecule has 0 saturated heterocycles. The van der Waals surface area contributed by atoms with E-state index in [1.807, 2.05) is 51.1 Å². The van der Waals surface area contributed by atoms with Gasteiger partial charge in [-0.05, 0) is 56.0 Å². The van der Waals surface area contributed by atoms with Gasteiger partial charge in [0.05, 0.1) is 16.3 Å². The van der Waals surface area contributed by atoms with Gasteiger partial charge in [0.1, 0.15) is 5.76 Å². The van der Waals surface area contributed by atoms with Gasteiger partial charge in [0.15, 0.2) is 0 Å². The Hall–Kier alpha value is -2.60. The molecule has 0 radical (unpaired) electrons. The van der Waals surface area contributed by atoms with Crippen LogP contribution in [0.25, 0.3) is 11.1 Å². The van der Waals surface area contributed by atoms with Gasteiger partial charge in [-0.15, -0.1) is 0 Å². The minimum atomic E-state index is -3.72. The average Bonchev–Trinajstić information content (AvgIpc) is 2.94. The topological polar surface area (TPSA) is 72.2 Å². The Morgan fingerprint density at radius 2 is 1.81 bits per heavy atom. The number of anilines is 1. The predicted molar refractivity (Wildman–Crippen MR) is 103 cm³/mol. The Morgan fingerprint density at radius 1 is 1.08 bits per heavy atom. The molecule has 0 aliphatic rings. The van der Waals surface area contributed by atoms with Crippen LogP contribution < -0.4 is 4.72 Å². The summed E-state index contributed by atoms with van der Waals surface area (Å²) in [6.07, 6.45) is 0.747. The summed E-state index contributed by atoms with van der Waals surface area (Å²) in [4.78, 5) is 0.251. The first-order valence-corrected chi connectivity index (χ1v) is 9.96. The van der Waals surface area contributed by atoms with Crippen molar-refractivity contribution in [2.75, 3.05) is 4.72 Å². The Balaban J connectivity index is 2.07. The smallest absolute Gasteiger partial charge is 0.262 e. The first kappa shape index (κ1) is 18.2. The first-order chi connectivity index (χ1) is 12.3. The summed E-state index contributed by atoms with van der Waals surface area (Å²) in [5.74, 6) is 0.666. The lowest BCUT2D eigenvalue weighted by Gasteiger charge is -2.14. The number of aromatic nitrogens is 1. The number of hydrogen-bond donors (Lipinski definition) is 1. The maximum atomic E-state index is 13.0. The summed E-state index contributed by atoms with van der Waals surface area (Å²) in [5.41, 5.74) is 4.58. The molecular weight excluding hydrogens is 348 g/mol. The van der Waals surface area contributed by atoms with Gasteiger partial charge >= 0.3 is 0 Å². The molecule has 1 heterocycles. The van der Waals surface area contributed by atoms with Gasteiger partial charge in [-0.1, -0.05) is 42.4 Å². The molecule has 0 bridgehead atoms. The first-order valence-electron chi connectivity index (χ1n) is 8.48. The van der Waals surface area contributed by atoms with E-state index in [4.69, 9.17) is 4.52 Å². The van der Waals surface area contributed by atoms with E-state index in [-0.39, 0.29) is 4.90 Å². The molecule has 136 valence electrons. The molecule has 0 aliphatic heterocycles. The molecule has 0 amide bonds. The Labute approximate surface area is 154 Å². The summed E-state index contributed by atoms with van der Waals surface area (Å²) < 4.78 is 34.0. The van der Waals surface area contributed by atoms with Crippen molar-refractivity contribution in [3.8, 4) is 11.1 Å². The molecule has 2 aromatic carbocycles. The third-order valence-electron chi connectivity index (χ3n) is 4.44. The Morgan fingerprint density at radius 3 is 2.46 bits per heavy atom. The lowest BCUT2D eigenvalue weighted by atomic mass is 10.0.